The number of carbonyl (C=O) groups excluding carboxylic acids is 2. The van der Waals surface area contributed by atoms with Crippen molar-refractivity contribution in [1.29, 1.82) is 0 Å². The van der Waals surface area contributed by atoms with Crippen molar-refractivity contribution in [3.8, 4) is 11.4 Å². The zero-order valence-electron chi connectivity index (χ0n) is 15.0. The second kappa shape index (κ2) is 8.18. The molecule has 1 amide bonds. The summed E-state index contributed by atoms with van der Waals surface area (Å²) in [6.07, 6.45) is 1.38. The Labute approximate surface area is 156 Å². The number of methoxy groups -OCH3 is 1. The van der Waals surface area contributed by atoms with Gasteiger partial charge in [0, 0.05) is 5.56 Å². The van der Waals surface area contributed by atoms with Gasteiger partial charge in [-0.25, -0.2) is 9.48 Å². The number of nitrogens with one attached hydrogen (secondary N) is 1. The maximum Gasteiger partial charge on any atom is 0.343 e. The fourth-order valence-electron chi connectivity index (χ4n) is 2.54. The number of esters is 1. The average Bonchev–Trinajstić information content (AvgIpc) is 3.12. The van der Waals surface area contributed by atoms with E-state index in [1.807, 2.05) is 30.3 Å². The number of rotatable bonds is 6. The van der Waals surface area contributed by atoms with Crippen molar-refractivity contribution in [2.24, 2.45) is 0 Å². The zero-order chi connectivity index (χ0) is 19.2. The van der Waals surface area contributed by atoms with E-state index < -0.39 is 11.9 Å². The average molecular weight is 365 g/mol. The number of benzene rings is 2. The van der Waals surface area contributed by atoms with Crippen molar-refractivity contribution in [1.82, 2.24) is 9.78 Å². The minimum atomic E-state index is -0.555. The molecule has 138 valence electrons. The Hall–Kier alpha value is -3.61. The van der Waals surface area contributed by atoms with Crippen LogP contribution in [0.5, 0.6) is 5.75 Å². The van der Waals surface area contributed by atoms with Crippen LogP contribution in [0.4, 0.5) is 5.82 Å². The van der Waals surface area contributed by atoms with Gasteiger partial charge in [-0.3, -0.25) is 4.79 Å². The third kappa shape index (κ3) is 3.98. The Kier molecular flexibility index (Phi) is 5.51. The summed E-state index contributed by atoms with van der Waals surface area (Å²) in [6.45, 7) is 1.94. The molecule has 0 saturated heterocycles. The quantitative estimate of drug-likeness (QED) is 0.678. The molecule has 3 rings (SSSR count). The number of anilines is 1. The zero-order valence-corrected chi connectivity index (χ0v) is 15.0. The molecule has 0 radical (unpaired) electrons. The number of para-hydroxylation sites is 1. The molecule has 0 aliphatic carbocycles. The number of carbonyl (C=O) groups is 2. The van der Waals surface area contributed by atoms with Crippen LogP contribution < -0.4 is 10.1 Å². The van der Waals surface area contributed by atoms with E-state index in [0.717, 1.165) is 0 Å². The maximum atomic E-state index is 12.7. The molecule has 0 unspecified atom stereocenters. The summed E-state index contributed by atoms with van der Waals surface area (Å²) in [5.41, 5.74) is 1.27. The Morgan fingerprint density at radius 3 is 2.59 bits per heavy atom. The Morgan fingerprint density at radius 2 is 1.89 bits per heavy atom. The molecule has 0 saturated carbocycles. The highest BCUT2D eigenvalue weighted by Crippen LogP contribution is 2.23. The molecule has 0 fully saturated rings. The van der Waals surface area contributed by atoms with Gasteiger partial charge in [0.1, 0.15) is 11.3 Å². The van der Waals surface area contributed by atoms with Crippen LogP contribution in [0.15, 0.2) is 60.8 Å². The lowest BCUT2D eigenvalue weighted by Gasteiger charge is -2.11. The second-order valence-corrected chi connectivity index (χ2v) is 5.56. The summed E-state index contributed by atoms with van der Waals surface area (Å²) in [6, 6.07) is 15.9. The summed E-state index contributed by atoms with van der Waals surface area (Å²) in [7, 11) is 1.53. The fourth-order valence-corrected chi connectivity index (χ4v) is 2.54. The van der Waals surface area contributed by atoms with Crippen LogP contribution in [0, 0.1) is 0 Å². The lowest BCUT2D eigenvalue weighted by molar-refractivity contribution is 0.0527. The van der Waals surface area contributed by atoms with E-state index in [2.05, 4.69) is 10.4 Å². The Morgan fingerprint density at radius 1 is 1.11 bits per heavy atom. The summed E-state index contributed by atoms with van der Waals surface area (Å²) < 4.78 is 11.7. The molecule has 3 aromatic rings. The van der Waals surface area contributed by atoms with Gasteiger partial charge in [-0.15, -0.1) is 0 Å². The molecule has 1 N–H and O–H groups in total. The molecule has 27 heavy (non-hydrogen) atoms. The first-order valence-corrected chi connectivity index (χ1v) is 8.40. The molecular formula is C20H19N3O4. The molecule has 1 aromatic heterocycles. The van der Waals surface area contributed by atoms with Crippen molar-refractivity contribution in [2.75, 3.05) is 19.0 Å². The Balaban J connectivity index is 1.99. The van der Waals surface area contributed by atoms with E-state index >= 15 is 0 Å². The normalized spacial score (nSPS) is 10.3. The molecule has 1 heterocycles. The van der Waals surface area contributed by atoms with Crippen molar-refractivity contribution in [3.05, 3.63) is 71.9 Å². The first-order valence-electron chi connectivity index (χ1n) is 8.40. The third-order valence-corrected chi connectivity index (χ3v) is 3.83. The predicted molar refractivity (Wildman–Crippen MR) is 100 cm³/mol. The van der Waals surface area contributed by atoms with Gasteiger partial charge in [0.25, 0.3) is 5.91 Å². The number of hydrogen-bond acceptors (Lipinski definition) is 5. The minimum Gasteiger partial charge on any atom is -0.497 e. The van der Waals surface area contributed by atoms with E-state index in [1.165, 1.54) is 18.0 Å². The topological polar surface area (TPSA) is 82.5 Å². The van der Waals surface area contributed by atoms with Gasteiger partial charge in [0.2, 0.25) is 0 Å². The number of hydrogen-bond donors (Lipinski definition) is 1. The van der Waals surface area contributed by atoms with Crippen LogP contribution in [0.25, 0.3) is 5.69 Å². The Bertz CT molecular complexity index is 951. The van der Waals surface area contributed by atoms with E-state index in [9.17, 15) is 9.59 Å². The van der Waals surface area contributed by atoms with Crippen LogP contribution in [0.2, 0.25) is 0 Å². The summed E-state index contributed by atoms with van der Waals surface area (Å²) in [5.74, 6) is -0.143. The lowest BCUT2D eigenvalue weighted by atomic mass is 10.2. The van der Waals surface area contributed by atoms with Gasteiger partial charge < -0.3 is 14.8 Å². The maximum absolute atomic E-state index is 12.7. The summed E-state index contributed by atoms with van der Waals surface area (Å²) in [4.78, 5) is 25.0. The first-order chi connectivity index (χ1) is 13.1. The van der Waals surface area contributed by atoms with Crippen LogP contribution in [0.1, 0.15) is 27.6 Å². The van der Waals surface area contributed by atoms with Gasteiger partial charge >= 0.3 is 5.97 Å². The van der Waals surface area contributed by atoms with Crippen LogP contribution in [-0.4, -0.2) is 35.4 Å². The van der Waals surface area contributed by atoms with Gasteiger partial charge in [-0.2, -0.15) is 5.10 Å². The number of aromatic nitrogens is 2. The monoisotopic (exact) mass is 365 g/mol. The highest BCUT2D eigenvalue weighted by molar-refractivity contribution is 6.07. The van der Waals surface area contributed by atoms with Gasteiger partial charge in [0.05, 0.1) is 25.6 Å². The van der Waals surface area contributed by atoms with Crippen molar-refractivity contribution in [2.45, 2.75) is 6.92 Å². The molecular weight excluding hydrogens is 346 g/mol. The number of ether oxygens (including phenoxy) is 2. The van der Waals surface area contributed by atoms with E-state index in [0.29, 0.717) is 17.0 Å². The molecule has 7 heteroatoms. The van der Waals surface area contributed by atoms with E-state index in [-0.39, 0.29) is 18.0 Å². The fraction of sp³-hybridized carbons (Fsp3) is 0.150. The molecule has 0 atom stereocenters. The SMILES string of the molecule is CCOC(=O)c1cnn(-c2ccccc2)c1NC(=O)c1cccc(OC)c1. The van der Waals surface area contributed by atoms with Gasteiger partial charge in [0.15, 0.2) is 5.82 Å². The van der Waals surface area contributed by atoms with Crippen LogP contribution in [0.3, 0.4) is 0 Å². The lowest BCUT2D eigenvalue weighted by Crippen LogP contribution is -2.18. The molecule has 0 aliphatic heterocycles. The molecule has 0 spiro atoms. The highest BCUT2D eigenvalue weighted by atomic mass is 16.5. The smallest absolute Gasteiger partial charge is 0.343 e. The van der Waals surface area contributed by atoms with Gasteiger partial charge in [-0.1, -0.05) is 24.3 Å². The molecule has 0 bridgehead atoms. The molecule has 7 nitrogen and oxygen atoms in total. The molecule has 2 aromatic carbocycles. The summed E-state index contributed by atoms with van der Waals surface area (Å²) >= 11 is 0. The van der Waals surface area contributed by atoms with Crippen molar-refractivity contribution in [3.63, 3.8) is 0 Å². The van der Waals surface area contributed by atoms with E-state index in [4.69, 9.17) is 9.47 Å². The van der Waals surface area contributed by atoms with Crippen LogP contribution in [-0.2, 0) is 4.74 Å². The van der Waals surface area contributed by atoms with Gasteiger partial charge in [-0.05, 0) is 37.3 Å². The second-order valence-electron chi connectivity index (χ2n) is 5.56. The van der Waals surface area contributed by atoms with Crippen LogP contribution >= 0.6 is 0 Å². The van der Waals surface area contributed by atoms with E-state index in [1.54, 1.807) is 31.2 Å². The minimum absolute atomic E-state index is 0.178. The predicted octanol–water partition coefficient (Wildman–Crippen LogP) is 3.31. The first kappa shape index (κ1) is 18.2. The number of amides is 1. The van der Waals surface area contributed by atoms with Crippen molar-refractivity contribution >= 4 is 17.7 Å². The third-order valence-electron chi connectivity index (χ3n) is 3.83. The standard InChI is InChI=1S/C20H19N3O4/c1-3-27-20(25)17-13-21-23(15-9-5-4-6-10-15)18(17)22-19(24)14-8-7-11-16(12-14)26-2/h4-13H,3H2,1-2H3,(H,22,24). The molecule has 0 aliphatic rings. The largest absolute Gasteiger partial charge is 0.497 e. The number of nitrogens with zero attached hydrogens (tertiary/aromatic N) is 2. The highest BCUT2D eigenvalue weighted by Gasteiger charge is 2.22. The summed E-state index contributed by atoms with van der Waals surface area (Å²) in [5, 5.41) is 7.02. The van der Waals surface area contributed by atoms with Crippen molar-refractivity contribution < 1.29 is 19.1 Å².